The van der Waals surface area contributed by atoms with E-state index in [0.29, 0.717) is 41.5 Å². The summed E-state index contributed by atoms with van der Waals surface area (Å²) in [6, 6.07) is 12.1. The summed E-state index contributed by atoms with van der Waals surface area (Å²) < 4.78 is 22.5. The van der Waals surface area contributed by atoms with E-state index in [1.54, 1.807) is 18.3 Å². The molecule has 0 amide bonds. The molecule has 38 heavy (non-hydrogen) atoms. The second-order valence-corrected chi connectivity index (χ2v) is 10.9. The molecular formula is C29H31FN6O2. The lowest BCUT2D eigenvalue weighted by Gasteiger charge is -2.34. The van der Waals surface area contributed by atoms with Crippen LogP contribution < -0.4 is 15.0 Å². The highest BCUT2D eigenvalue weighted by atomic mass is 19.1. The first-order valence-electron chi connectivity index (χ1n) is 13.5. The third-order valence-electron chi connectivity index (χ3n) is 8.34. The molecule has 8 nitrogen and oxygen atoms in total. The minimum Gasteiger partial charge on any atom is -0.508 e. The number of anilines is 1. The number of phenols is 1. The second kappa shape index (κ2) is 9.32. The summed E-state index contributed by atoms with van der Waals surface area (Å²) in [6.45, 7) is 3.11. The van der Waals surface area contributed by atoms with E-state index in [-0.39, 0.29) is 23.0 Å². The Hall–Kier alpha value is -3.56. The van der Waals surface area contributed by atoms with Gasteiger partial charge in [-0.25, -0.2) is 4.39 Å². The van der Waals surface area contributed by atoms with Crippen LogP contribution in [0.25, 0.3) is 32.9 Å². The Bertz CT molecular complexity index is 1520. The van der Waals surface area contributed by atoms with Crippen molar-refractivity contribution in [3.63, 3.8) is 0 Å². The van der Waals surface area contributed by atoms with Crippen LogP contribution in [0.3, 0.4) is 0 Å². The zero-order valence-electron chi connectivity index (χ0n) is 21.4. The molecule has 2 bridgehead atoms. The van der Waals surface area contributed by atoms with Crippen molar-refractivity contribution in [2.45, 2.75) is 43.8 Å². The normalized spacial score (nSPS) is 23.5. The molecule has 3 saturated heterocycles. The van der Waals surface area contributed by atoms with E-state index in [4.69, 9.17) is 9.72 Å². The molecule has 5 heterocycles. The van der Waals surface area contributed by atoms with Crippen LogP contribution in [-0.4, -0.2) is 76.4 Å². The number of benzene rings is 2. The molecule has 3 aliphatic heterocycles. The highest BCUT2D eigenvalue weighted by molar-refractivity contribution is 5.99. The molecule has 3 aliphatic rings. The summed E-state index contributed by atoms with van der Waals surface area (Å²) in [6.07, 6.45) is 6.12. The van der Waals surface area contributed by atoms with Gasteiger partial charge in [0.1, 0.15) is 29.4 Å². The smallest absolute Gasteiger partial charge is 0.319 e. The van der Waals surface area contributed by atoms with E-state index in [0.717, 1.165) is 56.1 Å². The lowest BCUT2D eigenvalue weighted by molar-refractivity contribution is 0.188. The molecule has 3 atom stereocenters. The maximum Gasteiger partial charge on any atom is 0.319 e. The topological polar surface area (TPSA) is 86.6 Å². The first kappa shape index (κ1) is 23.5. The molecule has 196 valence electrons. The van der Waals surface area contributed by atoms with Crippen molar-refractivity contribution >= 4 is 27.5 Å². The van der Waals surface area contributed by atoms with Crippen molar-refractivity contribution in [2.24, 2.45) is 0 Å². The van der Waals surface area contributed by atoms with Crippen LogP contribution in [-0.2, 0) is 0 Å². The zero-order chi connectivity index (χ0) is 25.8. The van der Waals surface area contributed by atoms with Crippen LogP contribution in [0.1, 0.15) is 25.7 Å². The number of hydrogen-bond donors (Lipinski definition) is 2. The van der Waals surface area contributed by atoms with Gasteiger partial charge in [0.05, 0.1) is 5.39 Å². The third-order valence-corrected chi connectivity index (χ3v) is 8.34. The van der Waals surface area contributed by atoms with Gasteiger partial charge in [0.15, 0.2) is 5.82 Å². The monoisotopic (exact) mass is 514 g/mol. The van der Waals surface area contributed by atoms with Crippen molar-refractivity contribution < 1.29 is 14.2 Å². The van der Waals surface area contributed by atoms with Crippen LogP contribution in [0.4, 0.5) is 10.2 Å². The Kier molecular flexibility index (Phi) is 5.78. The molecule has 9 heteroatoms. The van der Waals surface area contributed by atoms with Gasteiger partial charge in [-0.05, 0) is 62.2 Å². The minimum atomic E-state index is -0.539. The van der Waals surface area contributed by atoms with Crippen molar-refractivity contribution in [3.8, 4) is 23.0 Å². The van der Waals surface area contributed by atoms with Gasteiger partial charge in [-0.1, -0.05) is 24.3 Å². The molecule has 7 rings (SSSR count). The van der Waals surface area contributed by atoms with E-state index < -0.39 is 5.82 Å². The van der Waals surface area contributed by atoms with Crippen molar-refractivity contribution in [3.05, 3.63) is 48.4 Å². The lowest BCUT2D eigenvalue weighted by Crippen LogP contribution is -2.51. The number of likely N-dealkylation sites (N-methyl/N-ethyl adjacent to an activating group) is 1. The number of nitrogens with one attached hydrogen (secondary N) is 1. The van der Waals surface area contributed by atoms with Gasteiger partial charge in [-0.2, -0.15) is 9.97 Å². The predicted octanol–water partition coefficient (Wildman–Crippen LogP) is 4.10. The average molecular weight is 515 g/mol. The summed E-state index contributed by atoms with van der Waals surface area (Å²) in [5.74, 6) is 0.189. The van der Waals surface area contributed by atoms with Gasteiger partial charge in [-0.3, -0.25) is 4.98 Å². The predicted molar refractivity (Wildman–Crippen MR) is 145 cm³/mol. The zero-order valence-corrected chi connectivity index (χ0v) is 21.4. The number of fused-ring (bicyclic) bond motifs is 4. The first-order chi connectivity index (χ1) is 18.5. The average Bonchev–Trinajstić information content (AvgIpc) is 3.50. The number of aromatic nitrogens is 3. The molecule has 0 radical (unpaired) electrons. The molecule has 2 aromatic carbocycles. The Morgan fingerprint density at radius 1 is 1.08 bits per heavy atom. The van der Waals surface area contributed by atoms with E-state index >= 15 is 4.39 Å². The van der Waals surface area contributed by atoms with Gasteiger partial charge in [0, 0.05) is 43.0 Å². The third kappa shape index (κ3) is 4.10. The molecule has 0 unspecified atom stereocenters. The van der Waals surface area contributed by atoms with Gasteiger partial charge in [0.2, 0.25) is 0 Å². The number of aromatic hydroxyl groups is 1. The van der Waals surface area contributed by atoms with Gasteiger partial charge >= 0.3 is 6.01 Å². The number of halogens is 1. The quantitative estimate of drug-likeness (QED) is 0.412. The number of hydrogen-bond acceptors (Lipinski definition) is 8. The fourth-order valence-corrected chi connectivity index (χ4v) is 6.34. The number of pyridine rings is 1. The summed E-state index contributed by atoms with van der Waals surface area (Å²) in [4.78, 5) is 18.5. The molecular weight excluding hydrogens is 483 g/mol. The number of piperazine rings is 1. The van der Waals surface area contributed by atoms with Crippen molar-refractivity contribution in [1.82, 2.24) is 25.2 Å². The van der Waals surface area contributed by atoms with Crippen LogP contribution in [0.15, 0.2) is 42.6 Å². The lowest BCUT2D eigenvalue weighted by atomic mass is 10.0. The molecule has 0 aliphatic carbocycles. The van der Waals surface area contributed by atoms with Crippen LogP contribution in [0.5, 0.6) is 11.8 Å². The largest absolute Gasteiger partial charge is 0.508 e. The van der Waals surface area contributed by atoms with Gasteiger partial charge in [-0.15, -0.1) is 0 Å². The minimum absolute atomic E-state index is 0.0596. The Labute approximate surface area is 220 Å². The Balaban J connectivity index is 1.36. The summed E-state index contributed by atoms with van der Waals surface area (Å²) in [7, 11) is 2.10. The molecule has 2 aromatic heterocycles. The molecule has 4 aromatic rings. The van der Waals surface area contributed by atoms with Gasteiger partial charge in [0.25, 0.3) is 0 Å². The first-order valence-corrected chi connectivity index (χ1v) is 13.5. The van der Waals surface area contributed by atoms with Crippen molar-refractivity contribution in [2.75, 3.05) is 38.2 Å². The fraction of sp³-hybridized carbons (Fsp3) is 0.414. The highest BCUT2D eigenvalue weighted by Crippen LogP contribution is 2.37. The summed E-state index contributed by atoms with van der Waals surface area (Å²) in [5, 5.41) is 16.2. The van der Waals surface area contributed by atoms with Crippen molar-refractivity contribution in [1.29, 1.82) is 0 Å². The van der Waals surface area contributed by atoms with Crippen LogP contribution in [0, 0.1) is 5.82 Å². The molecule has 0 saturated carbocycles. The maximum absolute atomic E-state index is 16.4. The molecule has 2 N–H and O–H groups in total. The summed E-state index contributed by atoms with van der Waals surface area (Å²) >= 11 is 0. The van der Waals surface area contributed by atoms with E-state index in [9.17, 15) is 5.11 Å². The Morgan fingerprint density at radius 2 is 1.89 bits per heavy atom. The van der Waals surface area contributed by atoms with Crippen LogP contribution >= 0.6 is 0 Å². The van der Waals surface area contributed by atoms with E-state index in [1.807, 2.05) is 24.3 Å². The Morgan fingerprint density at radius 3 is 2.68 bits per heavy atom. The molecule has 0 spiro atoms. The number of rotatable bonds is 5. The SMILES string of the molecule is CN1CCC[C@H]1COc1nc(N2C[C@H]3CC[C@@H](C2)N3)c2cnc(-c3cc(O)cc4ccccc34)c(F)c2n1. The second-order valence-electron chi connectivity index (χ2n) is 10.9. The highest BCUT2D eigenvalue weighted by Gasteiger charge is 2.34. The number of ether oxygens (including phenoxy) is 1. The fourth-order valence-electron chi connectivity index (χ4n) is 6.34. The molecule has 3 fully saturated rings. The van der Waals surface area contributed by atoms with Gasteiger partial charge < -0.3 is 25.0 Å². The van der Waals surface area contributed by atoms with Crippen LogP contribution in [0.2, 0.25) is 0 Å². The maximum atomic E-state index is 16.4. The number of nitrogens with zero attached hydrogens (tertiary/aromatic N) is 5. The number of phenolic OH excluding ortho intramolecular Hbond substituents is 1. The summed E-state index contributed by atoms with van der Waals surface area (Å²) in [5.41, 5.74) is 0.861. The van der Waals surface area contributed by atoms with E-state index in [2.05, 4.69) is 32.1 Å². The van der Waals surface area contributed by atoms with E-state index in [1.165, 1.54) is 0 Å². The number of likely N-dealkylation sites (tertiary alicyclic amines) is 1. The standard InChI is InChI=1S/C29H31FN6O2/c1-35-10-4-6-20(35)16-38-29-33-27-24(28(34-29)36-14-18-8-9-19(15-36)32-18)13-31-26(25(27)30)23-12-21(37)11-17-5-2-3-7-22(17)23/h2-3,5,7,11-13,18-20,32,37H,4,6,8-10,14-16H2,1H3/t18-,19+,20-/m0/s1.